The van der Waals surface area contributed by atoms with Gasteiger partial charge in [0.15, 0.2) is 21.3 Å². The molecule has 1 unspecified atom stereocenters. The fraction of sp³-hybridized carbons (Fsp3) is 0.471. The van der Waals surface area contributed by atoms with Crippen LogP contribution in [0, 0.1) is 5.92 Å². The third kappa shape index (κ3) is 5.12. The van der Waals surface area contributed by atoms with Crippen LogP contribution in [0.25, 0.3) is 6.08 Å². The number of hydrogen-bond donors (Lipinski definition) is 1. The normalized spacial score (nSPS) is 18.9. The molecule has 1 aromatic rings. The van der Waals surface area contributed by atoms with Crippen LogP contribution in [0.1, 0.15) is 12.0 Å². The van der Waals surface area contributed by atoms with Crippen LogP contribution in [0.2, 0.25) is 0 Å². The van der Waals surface area contributed by atoms with E-state index in [0.717, 1.165) is 0 Å². The van der Waals surface area contributed by atoms with Gasteiger partial charge >= 0.3 is 0 Å². The summed E-state index contributed by atoms with van der Waals surface area (Å²) in [5.74, 6) is 1.53. The highest BCUT2D eigenvalue weighted by molar-refractivity contribution is 7.91. The molecule has 2 rings (SSSR count). The van der Waals surface area contributed by atoms with E-state index in [1.54, 1.807) is 18.2 Å². The molecule has 0 aromatic heterocycles. The molecule has 1 aromatic carbocycles. The lowest BCUT2D eigenvalue weighted by Gasteiger charge is -2.12. The van der Waals surface area contributed by atoms with Gasteiger partial charge in [0.1, 0.15) is 0 Å². The molecule has 25 heavy (non-hydrogen) atoms. The van der Waals surface area contributed by atoms with E-state index in [2.05, 4.69) is 5.32 Å². The second kappa shape index (κ2) is 8.24. The van der Waals surface area contributed by atoms with Crippen LogP contribution in [0.4, 0.5) is 0 Å². The fourth-order valence-electron chi connectivity index (χ4n) is 2.71. The lowest BCUT2D eigenvalue weighted by atomic mass is 10.1. The molecule has 0 bridgehead atoms. The predicted molar refractivity (Wildman–Crippen MR) is 94.9 cm³/mol. The summed E-state index contributed by atoms with van der Waals surface area (Å²) in [6.07, 6.45) is 3.62. The van der Waals surface area contributed by atoms with E-state index in [4.69, 9.17) is 14.2 Å². The molecule has 0 saturated carbocycles. The Balaban J connectivity index is 1.99. The van der Waals surface area contributed by atoms with Crippen LogP contribution in [0.3, 0.4) is 0 Å². The predicted octanol–water partition coefficient (Wildman–Crippen LogP) is 1.28. The largest absolute Gasteiger partial charge is 0.493 e. The standard InChI is InChI=1S/C17H23NO6S/c1-22-14-8-12(9-15(23-2)17(14)24-3)4-5-16(19)18-10-13-6-7-25(20,21)11-13/h4-5,8-9,13H,6-7,10-11H2,1-3H3,(H,18,19)/b5-4+. The second-order valence-corrected chi connectivity index (χ2v) is 8.03. The highest BCUT2D eigenvalue weighted by Crippen LogP contribution is 2.38. The van der Waals surface area contributed by atoms with Crippen molar-refractivity contribution in [1.82, 2.24) is 5.32 Å². The first kappa shape index (κ1) is 19.1. The van der Waals surface area contributed by atoms with Gasteiger partial charge < -0.3 is 19.5 Å². The molecule has 1 aliphatic heterocycles. The quantitative estimate of drug-likeness (QED) is 0.728. The Morgan fingerprint density at radius 1 is 1.20 bits per heavy atom. The van der Waals surface area contributed by atoms with Crippen molar-refractivity contribution in [3.05, 3.63) is 23.8 Å². The van der Waals surface area contributed by atoms with E-state index in [9.17, 15) is 13.2 Å². The molecule has 0 radical (unpaired) electrons. The van der Waals surface area contributed by atoms with Crippen molar-refractivity contribution in [2.45, 2.75) is 6.42 Å². The summed E-state index contributed by atoms with van der Waals surface area (Å²) in [7, 11) is 1.63. The van der Waals surface area contributed by atoms with Gasteiger partial charge in [0.05, 0.1) is 32.8 Å². The maximum atomic E-state index is 11.9. The van der Waals surface area contributed by atoms with Crippen LogP contribution in [-0.2, 0) is 14.6 Å². The van der Waals surface area contributed by atoms with Crippen molar-refractivity contribution in [2.24, 2.45) is 5.92 Å². The van der Waals surface area contributed by atoms with E-state index in [0.29, 0.717) is 35.8 Å². The number of ether oxygens (including phenoxy) is 3. The monoisotopic (exact) mass is 369 g/mol. The Kier molecular flexibility index (Phi) is 6.30. The Bertz CT molecular complexity index is 731. The number of hydrogen-bond acceptors (Lipinski definition) is 6. The van der Waals surface area contributed by atoms with Gasteiger partial charge in [0, 0.05) is 12.6 Å². The number of rotatable bonds is 7. The molecular weight excluding hydrogens is 346 g/mol. The van der Waals surface area contributed by atoms with Crippen LogP contribution in [0.15, 0.2) is 18.2 Å². The van der Waals surface area contributed by atoms with E-state index in [-0.39, 0.29) is 23.3 Å². The molecule has 1 saturated heterocycles. The van der Waals surface area contributed by atoms with Gasteiger partial charge in [-0.05, 0) is 36.1 Å². The summed E-state index contributed by atoms with van der Waals surface area (Å²) in [6.45, 7) is 0.359. The van der Waals surface area contributed by atoms with Crippen LogP contribution < -0.4 is 19.5 Å². The fourth-order valence-corrected chi connectivity index (χ4v) is 4.57. The smallest absolute Gasteiger partial charge is 0.244 e. The molecule has 138 valence electrons. The average molecular weight is 369 g/mol. The molecule has 1 aliphatic rings. The molecule has 0 spiro atoms. The number of carbonyl (C=O) groups is 1. The zero-order valence-corrected chi connectivity index (χ0v) is 15.4. The molecule has 8 heteroatoms. The minimum atomic E-state index is -2.93. The number of benzene rings is 1. The van der Waals surface area contributed by atoms with Crippen LogP contribution in [-0.4, -0.2) is 53.7 Å². The first-order valence-electron chi connectivity index (χ1n) is 7.85. The van der Waals surface area contributed by atoms with Gasteiger partial charge in [-0.25, -0.2) is 8.42 Å². The molecule has 1 N–H and O–H groups in total. The van der Waals surface area contributed by atoms with E-state index in [1.165, 1.54) is 27.4 Å². The first-order valence-corrected chi connectivity index (χ1v) is 9.67. The van der Waals surface area contributed by atoms with Gasteiger partial charge in [-0.2, -0.15) is 0 Å². The Hall–Kier alpha value is -2.22. The van der Waals surface area contributed by atoms with Crippen molar-refractivity contribution in [3.63, 3.8) is 0 Å². The molecule has 7 nitrogen and oxygen atoms in total. The van der Waals surface area contributed by atoms with Gasteiger partial charge in [-0.15, -0.1) is 0 Å². The molecule has 1 atom stereocenters. The van der Waals surface area contributed by atoms with Crippen molar-refractivity contribution < 1.29 is 27.4 Å². The maximum Gasteiger partial charge on any atom is 0.244 e. The number of carbonyl (C=O) groups excluding carboxylic acids is 1. The lowest BCUT2D eigenvalue weighted by molar-refractivity contribution is -0.116. The van der Waals surface area contributed by atoms with Crippen LogP contribution in [0.5, 0.6) is 17.2 Å². The molecule has 0 aliphatic carbocycles. The van der Waals surface area contributed by atoms with E-state index in [1.807, 2.05) is 0 Å². The van der Waals surface area contributed by atoms with Crippen molar-refractivity contribution in [3.8, 4) is 17.2 Å². The number of methoxy groups -OCH3 is 3. The van der Waals surface area contributed by atoms with Gasteiger partial charge in [-0.1, -0.05) is 0 Å². The number of amides is 1. The third-order valence-corrected chi connectivity index (χ3v) is 5.84. The zero-order chi connectivity index (χ0) is 18.4. The average Bonchev–Trinajstić information content (AvgIpc) is 2.95. The molecule has 1 amide bonds. The SMILES string of the molecule is COc1cc(/C=C/C(=O)NCC2CCS(=O)(=O)C2)cc(OC)c1OC. The highest BCUT2D eigenvalue weighted by Gasteiger charge is 2.27. The van der Waals surface area contributed by atoms with Crippen molar-refractivity contribution in [2.75, 3.05) is 39.4 Å². The summed E-state index contributed by atoms with van der Waals surface area (Å²) in [6, 6.07) is 3.46. The molecule has 1 fully saturated rings. The zero-order valence-electron chi connectivity index (χ0n) is 14.6. The summed E-state index contributed by atoms with van der Waals surface area (Å²) < 4.78 is 38.6. The minimum Gasteiger partial charge on any atom is -0.493 e. The first-order chi connectivity index (χ1) is 11.9. The Morgan fingerprint density at radius 3 is 2.32 bits per heavy atom. The van der Waals surface area contributed by atoms with E-state index >= 15 is 0 Å². The number of nitrogens with one attached hydrogen (secondary N) is 1. The number of sulfone groups is 1. The van der Waals surface area contributed by atoms with Crippen LogP contribution >= 0.6 is 0 Å². The van der Waals surface area contributed by atoms with Crippen molar-refractivity contribution >= 4 is 21.8 Å². The summed E-state index contributed by atoms with van der Waals surface area (Å²) >= 11 is 0. The summed E-state index contributed by atoms with van der Waals surface area (Å²) in [4.78, 5) is 11.9. The van der Waals surface area contributed by atoms with Gasteiger partial charge in [-0.3, -0.25) is 4.79 Å². The Labute approximate surface area is 147 Å². The summed E-state index contributed by atoms with van der Waals surface area (Å²) in [5.41, 5.74) is 0.716. The van der Waals surface area contributed by atoms with Gasteiger partial charge in [0.25, 0.3) is 0 Å². The molecule has 1 heterocycles. The maximum absolute atomic E-state index is 11.9. The Morgan fingerprint density at radius 2 is 1.84 bits per heavy atom. The third-order valence-electron chi connectivity index (χ3n) is 4.01. The lowest BCUT2D eigenvalue weighted by Crippen LogP contribution is -2.28. The minimum absolute atomic E-state index is 0.0106. The highest BCUT2D eigenvalue weighted by atomic mass is 32.2. The molecular formula is C17H23NO6S. The topological polar surface area (TPSA) is 90.9 Å². The second-order valence-electron chi connectivity index (χ2n) is 5.81. The summed E-state index contributed by atoms with van der Waals surface area (Å²) in [5, 5.41) is 2.73. The van der Waals surface area contributed by atoms with E-state index < -0.39 is 9.84 Å². The van der Waals surface area contributed by atoms with Gasteiger partial charge in [0.2, 0.25) is 11.7 Å². The van der Waals surface area contributed by atoms with Crippen molar-refractivity contribution in [1.29, 1.82) is 0 Å².